The van der Waals surface area contributed by atoms with Crippen molar-refractivity contribution in [1.82, 2.24) is 0 Å². The lowest BCUT2D eigenvalue weighted by atomic mass is 9.81. The highest BCUT2D eigenvalue weighted by Crippen LogP contribution is 2.45. The van der Waals surface area contributed by atoms with Crippen LogP contribution in [-0.4, -0.2) is 0 Å². The molecule has 1 atom stereocenters. The van der Waals surface area contributed by atoms with Crippen molar-refractivity contribution in [3.05, 3.63) is 87.7 Å². The number of halogens is 1. The minimum atomic E-state index is -0.248. The molecule has 0 saturated carbocycles. The van der Waals surface area contributed by atoms with Crippen LogP contribution in [0.3, 0.4) is 0 Å². The molecule has 0 bridgehead atoms. The number of rotatable bonds is 1. The molecule has 1 aliphatic heterocycles. The molecule has 3 aromatic carbocycles. The molecule has 4 heteroatoms. The van der Waals surface area contributed by atoms with E-state index in [4.69, 9.17) is 10.5 Å². The summed E-state index contributed by atoms with van der Waals surface area (Å²) in [6.07, 6.45) is 0. The maximum atomic E-state index is 9.68. The summed E-state index contributed by atoms with van der Waals surface area (Å²) in [6, 6.07) is 22.2. The van der Waals surface area contributed by atoms with E-state index in [2.05, 4.69) is 34.1 Å². The van der Waals surface area contributed by atoms with Crippen LogP contribution in [0.1, 0.15) is 17.0 Å². The number of fused-ring (bicyclic) bond motifs is 3. The van der Waals surface area contributed by atoms with E-state index >= 15 is 0 Å². The lowest BCUT2D eigenvalue weighted by Crippen LogP contribution is -2.21. The molecule has 0 amide bonds. The van der Waals surface area contributed by atoms with Gasteiger partial charge in [0.25, 0.3) is 0 Å². The van der Waals surface area contributed by atoms with E-state index in [1.54, 1.807) is 0 Å². The van der Waals surface area contributed by atoms with Crippen LogP contribution in [0.2, 0.25) is 0 Å². The Bertz CT molecular complexity index is 1030. The van der Waals surface area contributed by atoms with Gasteiger partial charge in [0.1, 0.15) is 17.4 Å². The fourth-order valence-electron chi connectivity index (χ4n) is 3.26. The van der Waals surface area contributed by atoms with Gasteiger partial charge >= 0.3 is 0 Å². The van der Waals surface area contributed by atoms with Gasteiger partial charge in [-0.25, -0.2) is 0 Å². The molecule has 0 fully saturated rings. The average Bonchev–Trinajstić information content (AvgIpc) is 2.60. The van der Waals surface area contributed by atoms with E-state index in [1.807, 2.05) is 48.5 Å². The van der Waals surface area contributed by atoms with Crippen LogP contribution < -0.4 is 10.5 Å². The van der Waals surface area contributed by atoms with Gasteiger partial charge in [-0.2, -0.15) is 5.26 Å². The predicted molar refractivity (Wildman–Crippen MR) is 97.4 cm³/mol. The first-order valence-electron chi connectivity index (χ1n) is 7.53. The predicted octanol–water partition coefficient (Wildman–Crippen LogP) is 4.82. The first-order valence-corrected chi connectivity index (χ1v) is 8.33. The zero-order valence-corrected chi connectivity index (χ0v) is 14.2. The van der Waals surface area contributed by atoms with Crippen molar-refractivity contribution < 1.29 is 4.74 Å². The minimum Gasteiger partial charge on any atom is -0.440 e. The normalized spacial score (nSPS) is 16.4. The van der Waals surface area contributed by atoms with Gasteiger partial charge in [0.15, 0.2) is 0 Å². The molecule has 1 aliphatic rings. The van der Waals surface area contributed by atoms with E-state index in [9.17, 15) is 5.26 Å². The Hall–Kier alpha value is -2.77. The van der Waals surface area contributed by atoms with Crippen molar-refractivity contribution in [2.75, 3.05) is 0 Å². The van der Waals surface area contributed by atoms with Crippen LogP contribution in [0.5, 0.6) is 5.75 Å². The minimum absolute atomic E-state index is 0.172. The van der Waals surface area contributed by atoms with Crippen molar-refractivity contribution in [1.29, 1.82) is 5.26 Å². The molecular weight excluding hydrogens is 364 g/mol. The summed E-state index contributed by atoms with van der Waals surface area (Å²) in [7, 11) is 0. The summed E-state index contributed by atoms with van der Waals surface area (Å²) in [6.45, 7) is 0. The van der Waals surface area contributed by atoms with E-state index < -0.39 is 0 Å². The van der Waals surface area contributed by atoms with Crippen molar-refractivity contribution >= 4 is 26.7 Å². The third-order valence-electron chi connectivity index (χ3n) is 4.30. The van der Waals surface area contributed by atoms with Crippen molar-refractivity contribution in [2.45, 2.75) is 5.92 Å². The second kappa shape index (κ2) is 5.70. The van der Waals surface area contributed by atoms with E-state index in [0.717, 1.165) is 26.4 Å². The van der Waals surface area contributed by atoms with Gasteiger partial charge in [-0.3, -0.25) is 0 Å². The standard InChI is InChI=1S/C20H13BrN2O/c21-14-6-3-5-13(10-14)18-16(11-22)20(23)24-17-9-8-12-4-1-2-7-15(12)19(17)18/h1-10,18H,23H2/t18-/m0/s1. The zero-order chi connectivity index (χ0) is 16.7. The number of hydrogen-bond acceptors (Lipinski definition) is 3. The molecule has 1 heterocycles. The summed E-state index contributed by atoms with van der Waals surface area (Å²) in [4.78, 5) is 0. The van der Waals surface area contributed by atoms with Crippen LogP contribution in [0.25, 0.3) is 10.8 Å². The van der Waals surface area contributed by atoms with Gasteiger partial charge in [0.2, 0.25) is 5.88 Å². The number of hydrogen-bond donors (Lipinski definition) is 1. The number of nitriles is 1. The molecule has 4 rings (SSSR count). The number of allylic oxidation sites excluding steroid dienone is 1. The van der Waals surface area contributed by atoms with Crippen LogP contribution in [0.15, 0.2) is 76.6 Å². The van der Waals surface area contributed by atoms with Gasteiger partial charge in [-0.15, -0.1) is 0 Å². The third-order valence-corrected chi connectivity index (χ3v) is 4.79. The van der Waals surface area contributed by atoms with Gasteiger partial charge in [-0.05, 0) is 34.5 Å². The highest BCUT2D eigenvalue weighted by Gasteiger charge is 2.32. The quantitative estimate of drug-likeness (QED) is 0.662. The van der Waals surface area contributed by atoms with Crippen LogP contribution in [-0.2, 0) is 0 Å². The molecule has 116 valence electrons. The van der Waals surface area contributed by atoms with Crippen LogP contribution in [0.4, 0.5) is 0 Å². The second-order valence-corrected chi connectivity index (χ2v) is 6.59. The maximum Gasteiger partial charge on any atom is 0.205 e. The van der Waals surface area contributed by atoms with Gasteiger partial charge < -0.3 is 10.5 Å². The Morgan fingerprint density at radius 1 is 1.04 bits per heavy atom. The molecule has 3 nitrogen and oxygen atoms in total. The highest BCUT2D eigenvalue weighted by molar-refractivity contribution is 9.10. The van der Waals surface area contributed by atoms with Crippen LogP contribution in [0, 0.1) is 11.3 Å². The molecular formula is C20H13BrN2O. The molecule has 0 spiro atoms. The zero-order valence-electron chi connectivity index (χ0n) is 12.7. The summed E-state index contributed by atoms with van der Waals surface area (Å²) in [5.41, 5.74) is 8.47. The lowest BCUT2D eigenvalue weighted by Gasteiger charge is -2.28. The summed E-state index contributed by atoms with van der Waals surface area (Å²) in [5, 5.41) is 11.9. The molecule has 24 heavy (non-hydrogen) atoms. The van der Waals surface area contributed by atoms with Gasteiger partial charge in [-0.1, -0.05) is 58.4 Å². The Morgan fingerprint density at radius 3 is 2.67 bits per heavy atom. The molecule has 2 N–H and O–H groups in total. The summed E-state index contributed by atoms with van der Waals surface area (Å²) in [5.74, 6) is 0.628. The highest BCUT2D eigenvalue weighted by atomic mass is 79.9. The maximum absolute atomic E-state index is 9.68. The Kier molecular flexibility index (Phi) is 3.51. The monoisotopic (exact) mass is 376 g/mol. The number of benzene rings is 3. The molecule has 0 radical (unpaired) electrons. The molecule has 3 aromatic rings. The molecule has 0 aromatic heterocycles. The first-order chi connectivity index (χ1) is 11.7. The van der Waals surface area contributed by atoms with Gasteiger partial charge in [0, 0.05) is 10.0 Å². The van der Waals surface area contributed by atoms with E-state index in [0.29, 0.717) is 11.3 Å². The van der Waals surface area contributed by atoms with E-state index in [-0.39, 0.29) is 11.8 Å². The van der Waals surface area contributed by atoms with E-state index in [1.165, 1.54) is 0 Å². The fraction of sp³-hybridized carbons (Fsp3) is 0.0500. The lowest BCUT2D eigenvalue weighted by molar-refractivity contribution is 0.395. The largest absolute Gasteiger partial charge is 0.440 e. The fourth-order valence-corrected chi connectivity index (χ4v) is 3.68. The summed E-state index contributed by atoms with van der Waals surface area (Å²) < 4.78 is 6.71. The average molecular weight is 377 g/mol. The van der Waals surface area contributed by atoms with Crippen molar-refractivity contribution in [3.63, 3.8) is 0 Å². The second-order valence-electron chi connectivity index (χ2n) is 5.68. The third kappa shape index (κ3) is 2.26. The van der Waals surface area contributed by atoms with Gasteiger partial charge in [0.05, 0.1) is 5.92 Å². The number of nitrogens with two attached hydrogens (primary N) is 1. The molecule has 0 saturated heterocycles. The SMILES string of the molecule is N#CC1=C(N)Oc2ccc3ccccc3c2[C@H]1c1cccc(Br)c1. The molecule has 0 unspecified atom stereocenters. The first kappa shape index (κ1) is 14.8. The number of ether oxygens (including phenoxy) is 1. The van der Waals surface area contributed by atoms with Crippen molar-refractivity contribution in [3.8, 4) is 11.8 Å². The molecule has 0 aliphatic carbocycles. The smallest absolute Gasteiger partial charge is 0.205 e. The number of nitrogens with zero attached hydrogens (tertiary/aromatic N) is 1. The van der Waals surface area contributed by atoms with Crippen molar-refractivity contribution in [2.24, 2.45) is 5.73 Å². The summed E-state index contributed by atoms with van der Waals surface area (Å²) >= 11 is 3.51. The Morgan fingerprint density at radius 2 is 1.88 bits per heavy atom. The Labute approximate surface area is 148 Å². The topological polar surface area (TPSA) is 59.0 Å². The Balaban J connectivity index is 2.07. The van der Waals surface area contributed by atoms with Crippen LogP contribution >= 0.6 is 15.9 Å².